The quantitative estimate of drug-likeness (QED) is 0.0641. The molecule has 15 nitrogen and oxygen atoms in total. The molecule has 5 bridgehead atoms. The highest BCUT2D eigenvalue weighted by atomic mass is 16.7. The van der Waals surface area contributed by atoms with Crippen molar-refractivity contribution in [3.63, 3.8) is 0 Å². The molecule has 3 aliphatic heterocycles. The molecule has 6 rings (SSSR count). The third kappa shape index (κ3) is 8.52. The van der Waals surface area contributed by atoms with E-state index < -0.39 is 88.8 Å². The van der Waals surface area contributed by atoms with Crippen LogP contribution in [-0.4, -0.2) is 92.8 Å². The Labute approximate surface area is 338 Å². The first-order valence-electron chi connectivity index (χ1n) is 19.7. The van der Waals surface area contributed by atoms with Crippen LogP contribution in [0.4, 0.5) is 5.69 Å². The van der Waals surface area contributed by atoms with Gasteiger partial charge in [0.1, 0.15) is 23.4 Å². The summed E-state index contributed by atoms with van der Waals surface area (Å²) in [5.74, 6) is -8.34. The van der Waals surface area contributed by atoms with Crippen molar-refractivity contribution in [1.82, 2.24) is 5.43 Å². The van der Waals surface area contributed by atoms with E-state index in [9.17, 15) is 39.9 Å². The summed E-state index contributed by atoms with van der Waals surface area (Å²) in [7, 11) is 1.44. The predicted octanol–water partition coefficient (Wildman–Crippen LogP) is 5.62. The number of allylic oxidation sites excluding steroid dienone is 2. The lowest BCUT2D eigenvalue weighted by molar-refractivity contribution is -0.160. The van der Waals surface area contributed by atoms with Crippen LogP contribution in [0.15, 0.2) is 41.2 Å². The van der Waals surface area contributed by atoms with Gasteiger partial charge >= 0.3 is 11.8 Å². The third-order valence-electron chi connectivity index (χ3n) is 11.8. The van der Waals surface area contributed by atoms with Gasteiger partial charge in [0.05, 0.1) is 53.0 Å². The molecule has 0 spiro atoms. The van der Waals surface area contributed by atoms with Gasteiger partial charge in [-0.15, -0.1) is 0 Å². The molecular weight excluding hydrogens is 750 g/mol. The Bertz CT molecular complexity index is 2040. The minimum atomic E-state index is -2.04. The highest BCUT2D eigenvalue weighted by Crippen LogP contribution is 2.55. The average molecular weight is 808 g/mol. The number of methoxy groups -OCH3 is 1. The molecule has 0 radical (unpaired) electrons. The number of aliphatic hydroxyl groups excluding tert-OH is 2. The van der Waals surface area contributed by atoms with Gasteiger partial charge in [-0.1, -0.05) is 58.8 Å². The number of aromatic hydroxyl groups is 3. The number of hydrazone groups is 1. The second-order valence-electron chi connectivity index (χ2n) is 16.0. The summed E-state index contributed by atoms with van der Waals surface area (Å²) in [6.07, 6.45) is 8.64. The maximum absolute atomic E-state index is 14.4. The zero-order valence-electron chi connectivity index (χ0n) is 34.5. The molecule has 9 unspecified atom stereocenters. The molecule has 7 N–H and O–H groups in total. The van der Waals surface area contributed by atoms with Crippen molar-refractivity contribution in [3.05, 3.63) is 52.8 Å². The van der Waals surface area contributed by atoms with Gasteiger partial charge in [0.2, 0.25) is 0 Å². The highest BCUT2D eigenvalue weighted by Gasteiger charge is 2.50. The van der Waals surface area contributed by atoms with E-state index in [1.807, 2.05) is 0 Å². The predicted molar refractivity (Wildman–Crippen MR) is 217 cm³/mol. The van der Waals surface area contributed by atoms with Gasteiger partial charge in [-0.05, 0) is 32.8 Å². The summed E-state index contributed by atoms with van der Waals surface area (Å²) in [5, 5.41) is 64.6. The smallest absolute Gasteiger partial charge is 0.312 e. The number of ketones is 1. The maximum atomic E-state index is 14.4. The molecular formula is C43H57N3O12. The van der Waals surface area contributed by atoms with Crippen molar-refractivity contribution in [2.45, 2.75) is 117 Å². The van der Waals surface area contributed by atoms with Crippen LogP contribution in [0.2, 0.25) is 0 Å². The number of fused-ring (bicyclic) bond motifs is 14. The molecule has 2 aromatic rings. The lowest BCUT2D eigenvalue weighted by Crippen LogP contribution is -2.46. The van der Waals surface area contributed by atoms with Crippen LogP contribution in [0.3, 0.4) is 0 Å². The Hall–Kier alpha value is -5.12. The Morgan fingerprint density at radius 3 is 2.28 bits per heavy atom. The van der Waals surface area contributed by atoms with Gasteiger partial charge in [-0.3, -0.25) is 14.4 Å². The largest absolute Gasteiger partial charge is 0.507 e. The van der Waals surface area contributed by atoms with E-state index in [-0.39, 0.29) is 50.5 Å². The van der Waals surface area contributed by atoms with Crippen LogP contribution in [0.1, 0.15) is 95.6 Å². The number of ether oxygens (including phenoxy) is 4. The summed E-state index contributed by atoms with van der Waals surface area (Å²) in [4.78, 5) is 40.4. The number of amides is 1. The fourth-order valence-electron chi connectivity index (χ4n) is 8.13. The number of hydrogen-bond donors (Lipinski definition) is 7. The number of esters is 1. The summed E-state index contributed by atoms with van der Waals surface area (Å²) in [6, 6.07) is 0.0806. The van der Waals surface area contributed by atoms with E-state index in [0.717, 1.165) is 25.7 Å². The molecule has 316 valence electrons. The number of hydrogen-bond acceptors (Lipinski definition) is 14. The van der Waals surface area contributed by atoms with Crippen molar-refractivity contribution >= 4 is 40.3 Å². The molecule has 0 saturated heterocycles. The standard InChI is InChI=1S/C43H57N3O12/c1-20-13-12-14-21(2)42(54)45-33-28(19-44-46-27-15-10-11-16-27)37(51)30-31(38(33)52)36(50)25(6)40-32(30)41(53)43(8,58-40)56-18-17-29(55-9)22(3)39(57-26(7)47)24(5)35(49)23(4)34(20)48/h12-14,17-20,22-24,27,29,34-35,39,46,48-52H,10-11,15-16H2,1-9H3,(H,45,54)/b13-12+,18-17+,21-14+,44-19-. The van der Waals surface area contributed by atoms with Gasteiger partial charge in [0.15, 0.2) is 5.75 Å². The molecule has 3 heterocycles. The summed E-state index contributed by atoms with van der Waals surface area (Å²) < 4.78 is 23.6. The Morgan fingerprint density at radius 2 is 1.64 bits per heavy atom. The van der Waals surface area contributed by atoms with E-state index in [0.29, 0.717) is 0 Å². The second kappa shape index (κ2) is 17.8. The van der Waals surface area contributed by atoms with Crippen LogP contribution in [0, 0.1) is 30.6 Å². The zero-order chi connectivity index (χ0) is 42.8. The fraction of sp³-hybridized carbons (Fsp3) is 0.535. The molecule has 1 fully saturated rings. The molecule has 1 saturated carbocycles. The number of aliphatic hydroxyl groups is 2. The Balaban J connectivity index is 1.69. The Morgan fingerprint density at radius 1 is 0.966 bits per heavy atom. The van der Waals surface area contributed by atoms with Crippen LogP contribution < -0.4 is 15.5 Å². The van der Waals surface area contributed by atoms with Crippen molar-refractivity contribution in [3.8, 4) is 23.0 Å². The fourth-order valence-corrected chi connectivity index (χ4v) is 8.13. The van der Waals surface area contributed by atoms with E-state index in [4.69, 9.17) is 18.9 Å². The minimum absolute atomic E-state index is 0.0564. The number of carbonyl (C=O) groups is 3. The monoisotopic (exact) mass is 807 g/mol. The number of Topliss-reactive ketones (excluding diaryl/α,β-unsaturated/α-hetero) is 1. The molecule has 1 amide bonds. The number of rotatable bonds is 5. The third-order valence-corrected chi connectivity index (χ3v) is 11.8. The van der Waals surface area contributed by atoms with E-state index in [1.165, 1.54) is 59.4 Å². The number of phenols is 3. The normalized spacial score (nSPS) is 32.1. The topological polar surface area (TPSA) is 226 Å². The molecule has 1 aliphatic carbocycles. The summed E-state index contributed by atoms with van der Waals surface area (Å²) in [5.41, 5.74) is 2.68. The maximum Gasteiger partial charge on any atom is 0.312 e. The molecule has 15 heteroatoms. The zero-order valence-corrected chi connectivity index (χ0v) is 34.5. The first-order chi connectivity index (χ1) is 27.3. The van der Waals surface area contributed by atoms with Crippen molar-refractivity contribution in [1.29, 1.82) is 0 Å². The number of nitrogens with one attached hydrogen (secondary N) is 2. The van der Waals surface area contributed by atoms with E-state index in [2.05, 4.69) is 15.8 Å². The van der Waals surface area contributed by atoms with E-state index in [1.54, 1.807) is 39.8 Å². The van der Waals surface area contributed by atoms with Gasteiger partial charge in [-0.2, -0.15) is 5.10 Å². The molecule has 4 aliphatic rings. The first kappa shape index (κ1) is 44.0. The summed E-state index contributed by atoms with van der Waals surface area (Å²) in [6.45, 7) is 12.5. The number of nitrogens with zero attached hydrogens (tertiary/aromatic N) is 1. The van der Waals surface area contributed by atoms with Crippen LogP contribution in [0.25, 0.3) is 10.8 Å². The second-order valence-corrected chi connectivity index (χ2v) is 16.0. The van der Waals surface area contributed by atoms with Gasteiger partial charge < -0.3 is 55.2 Å². The molecule has 2 aromatic carbocycles. The van der Waals surface area contributed by atoms with Gasteiger partial charge in [0, 0.05) is 67.2 Å². The lowest BCUT2D eigenvalue weighted by atomic mass is 9.78. The Kier molecular flexibility index (Phi) is 13.5. The van der Waals surface area contributed by atoms with Crippen molar-refractivity contribution < 1.29 is 58.9 Å². The summed E-state index contributed by atoms with van der Waals surface area (Å²) >= 11 is 0. The van der Waals surface area contributed by atoms with Crippen LogP contribution >= 0.6 is 0 Å². The number of carbonyl (C=O) groups excluding carboxylic acids is 3. The number of anilines is 1. The average Bonchev–Trinajstić information content (AvgIpc) is 3.80. The van der Waals surface area contributed by atoms with E-state index >= 15 is 0 Å². The van der Waals surface area contributed by atoms with Crippen LogP contribution in [-0.2, 0) is 23.8 Å². The highest BCUT2D eigenvalue weighted by molar-refractivity contribution is 6.23. The number of benzene rings is 2. The molecule has 58 heavy (non-hydrogen) atoms. The van der Waals surface area contributed by atoms with Crippen molar-refractivity contribution in [2.24, 2.45) is 28.8 Å². The van der Waals surface area contributed by atoms with Gasteiger partial charge in [-0.25, -0.2) is 0 Å². The minimum Gasteiger partial charge on any atom is -0.507 e. The first-order valence-corrected chi connectivity index (χ1v) is 19.7. The molecule has 9 atom stereocenters. The number of phenolic OH excluding ortho intramolecular Hbond substituents is 3. The van der Waals surface area contributed by atoms with Gasteiger partial charge in [0.25, 0.3) is 11.7 Å². The lowest BCUT2D eigenvalue weighted by Gasteiger charge is -2.38. The van der Waals surface area contributed by atoms with Crippen molar-refractivity contribution in [2.75, 3.05) is 12.4 Å². The van der Waals surface area contributed by atoms with Crippen LogP contribution in [0.5, 0.6) is 23.0 Å². The molecule has 0 aromatic heterocycles. The SMILES string of the molecule is COC1/C=C/OC2(C)Oc3c(C)c(O)c4c(O)c(c(/C=N\NC5CCCC5)c(O)c4c3C2=O)NC(=O)/C(C)=C/C=C/C(C)C(O)C(C)C(O)C(C)C(OC(C)=O)C1C.